The molecule has 0 heterocycles. The van der Waals surface area contributed by atoms with Gasteiger partial charge >= 0.3 is 0 Å². The molecule has 0 saturated heterocycles. The van der Waals surface area contributed by atoms with Gasteiger partial charge in [0.15, 0.2) is 0 Å². The van der Waals surface area contributed by atoms with E-state index in [4.69, 9.17) is 16.3 Å². The van der Waals surface area contributed by atoms with E-state index in [1.165, 1.54) is 6.08 Å². The first-order chi connectivity index (χ1) is 12.0. The molecule has 4 nitrogen and oxygen atoms in total. The Balaban J connectivity index is 2.27. The lowest BCUT2D eigenvalue weighted by Gasteiger charge is -2.09. The predicted molar refractivity (Wildman–Crippen MR) is 101 cm³/mol. The summed E-state index contributed by atoms with van der Waals surface area (Å²) in [5.41, 5.74) is 2.29. The van der Waals surface area contributed by atoms with Crippen LogP contribution in [-0.4, -0.2) is 12.5 Å². The fourth-order valence-corrected chi connectivity index (χ4v) is 2.30. The third-order valence-corrected chi connectivity index (χ3v) is 3.64. The number of rotatable bonds is 6. The molecule has 0 aromatic heterocycles. The number of anilines is 1. The van der Waals surface area contributed by atoms with E-state index >= 15 is 0 Å². The highest BCUT2D eigenvalue weighted by atomic mass is 35.5. The van der Waals surface area contributed by atoms with Crippen molar-refractivity contribution in [1.82, 2.24) is 0 Å². The van der Waals surface area contributed by atoms with E-state index in [0.29, 0.717) is 28.6 Å². The molecule has 2 aromatic carbocycles. The van der Waals surface area contributed by atoms with Gasteiger partial charge in [0.1, 0.15) is 17.4 Å². The molecule has 0 aliphatic rings. The Labute approximate surface area is 152 Å². The van der Waals surface area contributed by atoms with Crippen molar-refractivity contribution in [2.75, 3.05) is 11.9 Å². The first-order valence-electron chi connectivity index (χ1n) is 7.95. The van der Waals surface area contributed by atoms with E-state index in [9.17, 15) is 10.1 Å². The lowest BCUT2D eigenvalue weighted by Crippen LogP contribution is -2.13. The second-order valence-corrected chi connectivity index (χ2v) is 5.96. The normalized spacial score (nSPS) is 10.9. The van der Waals surface area contributed by atoms with Crippen LogP contribution in [0.4, 0.5) is 5.69 Å². The summed E-state index contributed by atoms with van der Waals surface area (Å²) in [5, 5.41) is 12.6. The van der Waals surface area contributed by atoms with Crippen molar-refractivity contribution in [3.05, 3.63) is 64.2 Å². The molecule has 2 rings (SSSR count). The summed E-state index contributed by atoms with van der Waals surface area (Å²) in [5.74, 6) is 0.106. The van der Waals surface area contributed by atoms with Gasteiger partial charge in [0.05, 0.1) is 6.61 Å². The predicted octanol–water partition coefficient (Wildman–Crippen LogP) is 4.98. The first-order valence-corrected chi connectivity index (χ1v) is 8.33. The Hall–Kier alpha value is -2.77. The Morgan fingerprint density at radius 1 is 1.28 bits per heavy atom. The maximum Gasteiger partial charge on any atom is 0.266 e. The molecule has 1 N–H and O–H groups in total. The second-order valence-electron chi connectivity index (χ2n) is 5.52. The number of carbonyl (C=O) groups is 1. The van der Waals surface area contributed by atoms with Crippen LogP contribution >= 0.6 is 11.6 Å². The monoisotopic (exact) mass is 354 g/mol. The van der Waals surface area contributed by atoms with Crippen molar-refractivity contribution in [3.63, 3.8) is 0 Å². The van der Waals surface area contributed by atoms with Crippen LogP contribution in [-0.2, 0) is 4.79 Å². The van der Waals surface area contributed by atoms with Crippen LogP contribution in [0.15, 0.2) is 48.0 Å². The van der Waals surface area contributed by atoms with Gasteiger partial charge in [-0.3, -0.25) is 4.79 Å². The number of nitrogens with zero attached hydrogens (tertiary/aromatic N) is 1. The lowest BCUT2D eigenvalue weighted by molar-refractivity contribution is -0.112. The molecule has 0 saturated carbocycles. The number of halogens is 1. The lowest BCUT2D eigenvalue weighted by atomic mass is 10.1. The maximum absolute atomic E-state index is 12.4. The van der Waals surface area contributed by atoms with E-state index < -0.39 is 5.91 Å². The van der Waals surface area contributed by atoms with Crippen LogP contribution in [0.2, 0.25) is 5.02 Å². The van der Waals surface area contributed by atoms with Gasteiger partial charge in [-0.2, -0.15) is 5.26 Å². The summed E-state index contributed by atoms with van der Waals surface area (Å²) in [6.45, 7) is 4.50. The minimum absolute atomic E-state index is 0.0239. The zero-order valence-corrected chi connectivity index (χ0v) is 14.9. The van der Waals surface area contributed by atoms with Gasteiger partial charge in [0, 0.05) is 16.3 Å². The molecule has 0 radical (unpaired) electrons. The number of nitriles is 1. The SMILES string of the molecule is CCCOc1ccc(Cl)cc1/C=C(\C#N)C(=O)Nc1ccc(C)cc1. The van der Waals surface area contributed by atoms with Crippen LogP contribution in [0, 0.1) is 18.3 Å². The van der Waals surface area contributed by atoms with Gasteiger partial charge < -0.3 is 10.1 Å². The van der Waals surface area contributed by atoms with Crippen LogP contribution in [0.3, 0.4) is 0 Å². The zero-order chi connectivity index (χ0) is 18.2. The van der Waals surface area contributed by atoms with Gasteiger partial charge in [-0.05, 0) is 49.8 Å². The maximum atomic E-state index is 12.4. The highest BCUT2D eigenvalue weighted by Gasteiger charge is 2.12. The molecule has 0 fully saturated rings. The molecule has 2 aromatic rings. The van der Waals surface area contributed by atoms with Crippen LogP contribution < -0.4 is 10.1 Å². The number of hydrogen-bond acceptors (Lipinski definition) is 3. The Morgan fingerprint density at radius 3 is 2.64 bits per heavy atom. The Kier molecular flexibility index (Phi) is 6.62. The van der Waals surface area contributed by atoms with Crippen molar-refractivity contribution in [2.24, 2.45) is 0 Å². The van der Waals surface area contributed by atoms with Gasteiger partial charge in [0.2, 0.25) is 0 Å². The fraction of sp³-hybridized carbons (Fsp3) is 0.200. The minimum Gasteiger partial charge on any atom is -0.493 e. The van der Waals surface area contributed by atoms with Crippen LogP contribution in [0.25, 0.3) is 6.08 Å². The number of amides is 1. The molecule has 1 amide bonds. The number of ether oxygens (including phenoxy) is 1. The van der Waals surface area contributed by atoms with Gasteiger partial charge in [0.25, 0.3) is 5.91 Å². The first kappa shape index (κ1) is 18.6. The Bertz CT molecular complexity index is 821. The van der Waals surface area contributed by atoms with Crippen molar-refractivity contribution in [2.45, 2.75) is 20.3 Å². The molecular weight excluding hydrogens is 336 g/mol. The molecule has 128 valence electrons. The molecule has 0 aliphatic heterocycles. The molecule has 0 spiro atoms. The van der Waals surface area contributed by atoms with E-state index in [1.807, 2.05) is 32.0 Å². The standard InChI is InChI=1S/C20H19ClN2O2/c1-3-10-25-19-9-6-17(21)12-15(19)11-16(13-22)20(24)23-18-7-4-14(2)5-8-18/h4-9,11-12H,3,10H2,1-2H3,(H,23,24)/b16-11+. The fourth-order valence-electron chi connectivity index (χ4n) is 2.11. The molecule has 5 heteroatoms. The molecular formula is C20H19ClN2O2. The third-order valence-electron chi connectivity index (χ3n) is 3.41. The van der Waals surface area contributed by atoms with E-state index in [2.05, 4.69) is 5.32 Å². The summed E-state index contributed by atoms with van der Waals surface area (Å²) in [6.07, 6.45) is 2.34. The number of aryl methyl sites for hydroxylation is 1. The van der Waals surface area contributed by atoms with Crippen molar-refractivity contribution in [1.29, 1.82) is 5.26 Å². The quantitative estimate of drug-likeness (QED) is 0.587. The highest BCUT2D eigenvalue weighted by Crippen LogP contribution is 2.26. The molecule has 0 unspecified atom stereocenters. The zero-order valence-electron chi connectivity index (χ0n) is 14.2. The van der Waals surface area contributed by atoms with E-state index in [-0.39, 0.29) is 5.57 Å². The number of hydrogen-bond donors (Lipinski definition) is 1. The summed E-state index contributed by atoms with van der Waals surface area (Å²) >= 11 is 6.03. The third kappa shape index (κ3) is 5.37. The average Bonchev–Trinajstić information content (AvgIpc) is 2.60. The van der Waals surface area contributed by atoms with Crippen molar-refractivity contribution >= 4 is 29.3 Å². The highest BCUT2D eigenvalue weighted by molar-refractivity contribution is 6.30. The van der Waals surface area contributed by atoms with Crippen molar-refractivity contribution in [3.8, 4) is 11.8 Å². The molecule has 0 atom stereocenters. The summed E-state index contributed by atoms with van der Waals surface area (Å²) in [7, 11) is 0. The number of carbonyl (C=O) groups excluding carboxylic acids is 1. The largest absolute Gasteiger partial charge is 0.493 e. The smallest absolute Gasteiger partial charge is 0.266 e. The number of benzene rings is 2. The van der Waals surface area contributed by atoms with E-state index in [1.54, 1.807) is 30.3 Å². The summed E-state index contributed by atoms with van der Waals surface area (Å²) < 4.78 is 5.65. The average molecular weight is 355 g/mol. The minimum atomic E-state index is -0.479. The van der Waals surface area contributed by atoms with Crippen LogP contribution in [0.5, 0.6) is 5.75 Å². The second kappa shape index (κ2) is 8.91. The topological polar surface area (TPSA) is 62.1 Å². The van der Waals surface area contributed by atoms with Crippen LogP contribution in [0.1, 0.15) is 24.5 Å². The van der Waals surface area contributed by atoms with Gasteiger partial charge in [-0.25, -0.2) is 0 Å². The van der Waals surface area contributed by atoms with Crippen molar-refractivity contribution < 1.29 is 9.53 Å². The van der Waals surface area contributed by atoms with E-state index in [0.717, 1.165) is 12.0 Å². The number of nitrogens with one attached hydrogen (secondary N) is 1. The molecule has 0 aliphatic carbocycles. The van der Waals surface area contributed by atoms with Gasteiger partial charge in [-0.1, -0.05) is 36.2 Å². The molecule has 0 bridgehead atoms. The Morgan fingerprint density at radius 2 is 2.00 bits per heavy atom. The summed E-state index contributed by atoms with van der Waals surface area (Å²) in [4.78, 5) is 12.4. The summed E-state index contributed by atoms with van der Waals surface area (Å²) in [6, 6.07) is 14.4. The molecule has 25 heavy (non-hydrogen) atoms. The van der Waals surface area contributed by atoms with Gasteiger partial charge in [-0.15, -0.1) is 0 Å².